The van der Waals surface area contributed by atoms with Crippen LogP contribution in [0, 0.1) is 5.92 Å². The number of nitrogens with zero attached hydrogens (tertiary/aromatic N) is 2. The quantitative estimate of drug-likeness (QED) is 0.904. The molecule has 0 aromatic heterocycles. The van der Waals surface area contributed by atoms with Crippen LogP contribution >= 0.6 is 0 Å². The van der Waals surface area contributed by atoms with Gasteiger partial charge in [-0.05, 0) is 64.4 Å². The Labute approximate surface area is 138 Å². The van der Waals surface area contributed by atoms with Crippen molar-refractivity contribution in [1.82, 2.24) is 4.90 Å². The van der Waals surface area contributed by atoms with Crippen molar-refractivity contribution in [3.05, 3.63) is 23.8 Å². The van der Waals surface area contributed by atoms with Crippen LogP contribution in [0.4, 0.5) is 5.69 Å². The van der Waals surface area contributed by atoms with E-state index in [1.807, 2.05) is 51.0 Å². The normalized spacial score (nSPS) is 21.1. The number of nitrogens with two attached hydrogens (primary N) is 1. The molecule has 1 aliphatic carbocycles. The minimum absolute atomic E-state index is 0.00370. The summed E-state index contributed by atoms with van der Waals surface area (Å²) >= 11 is 0. The monoisotopic (exact) mass is 317 g/mol. The van der Waals surface area contributed by atoms with Gasteiger partial charge in [-0.25, -0.2) is 0 Å². The average molecular weight is 317 g/mol. The molecule has 5 heteroatoms. The molecule has 0 bridgehead atoms. The topological polar surface area (TPSA) is 58.8 Å². The Hall–Kier alpha value is -1.59. The number of benzene rings is 1. The molecule has 3 rings (SSSR count). The summed E-state index contributed by atoms with van der Waals surface area (Å²) in [5.41, 5.74) is 7.45. The summed E-state index contributed by atoms with van der Waals surface area (Å²) in [4.78, 5) is 16.7. The van der Waals surface area contributed by atoms with Gasteiger partial charge in [-0.2, -0.15) is 0 Å². The Kier molecular flexibility index (Phi) is 4.10. The largest absolute Gasteiger partial charge is 0.476 e. The van der Waals surface area contributed by atoms with E-state index >= 15 is 0 Å². The molecule has 1 amide bonds. The van der Waals surface area contributed by atoms with Crippen molar-refractivity contribution in [2.24, 2.45) is 11.7 Å². The van der Waals surface area contributed by atoms with E-state index in [2.05, 4.69) is 4.90 Å². The van der Waals surface area contributed by atoms with Crippen LogP contribution in [-0.2, 0) is 4.79 Å². The van der Waals surface area contributed by atoms with Gasteiger partial charge in [0.05, 0.1) is 5.69 Å². The van der Waals surface area contributed by atoms with Crippen LogP contribution in [0.5, 0.6) is 5.75 Å². The molecule has 1 aliphatic heterocycles. The maximum Gasteiger partial charge on any atom is 0.270 e. The lowest BCUT2D eigenvalue weighted by Gasteiger charge is -2.39. The predicted octanol–water partition coefficient (Wildman–Crippen LogP) is 2.16. The Bertz CT molecular complexity index is 608. The molecular weight excluding hydrogens is 290 g/mol. The molecule has 0 saturated heterocycles. The molecular formula is C18H27N3O2. The molecule has 1 saturated carbocycles. The van der Waals surface area contributed by atoms with Gasteiger partial charge in [0.2, 0.25) is 0 Å². The third-order valence-electron chi connectivity index (χ3n) is 4.68. The minimum atomic E-state index is -0.834. The molecule has 2 N–H and O–H groups in total. The first kappa shape index (κ1) is 16.3. The molecule has 5 nitrogen and oxygen atoms in total. The van der Waals surface area contributed by atoms with Gasteiger partial charge in [0.1, 0.15) is 5.75 Å². The van der Waals surface area contributed by atoms with Gasteiger partial charge in [-0.15, -0.1) is 0 Å². The molecule has 1 fully saturated rings. The highest BCUT2D eigenvalue weighted by atomic mass is 16.5. The van der Waals surface area contributed by atoms with Crippen molar-refractivity contribution in [3.8, 4) is 5.75 Å². The number of ether oxygens (including phenoxy) is 1. The molecule has 1 heterocycles. The smallest absolute Gasteiger partial charge is 0.270 e. The number of rotatable bonds is 5. The van der Waals surface area contributed by atoms with E-state index in [1.54, 1.807) is 0 Å². The highest BCUT2D eigenvalue weighted by Gasteiger charge is 2.41. The van der Waals surface area contributed by atoms with E-state index < -0.39 is 5.60 Å². The van der Waals surface area contributed by atoms with Crippen molar-refractivity contribution >= 4 is 11.6 Å². The van der Waals surface area contributed by atoms with Gasteiger partial charge in [-0.1, -0.05) is 6.07 Å². The fraction of sp³-hybridized carbons (Fsp3) is 0.611. The van der Waals surface area contributed by atoms with Crippen molar-refractivity contribution in [1.29, 1.82) is 0 Å². The zero-order chi connectivity index (χ0) is 16.8. The summed E-state index contributed by atoms with van der Waals surface area (Å²) in [6.45, 7) is 5.10. The second kappa shape index (κ2) is 5.80. The van der Waals surface area contributed by atoms with Crippen LogP contribution in [0.25, 0.3) is 0 Å². The molecule has 1 atom stereocenters. The van der Waals surface area contributed by atoms with E-state index in [0.29, 0.717) is 12.5 Å². The Morgan fingerprint density at radius 3 is 2.70 bits per heavy atom. The second-order valence-electron chi connectivity index (χ2n) is 7.46. The van der Waals surface area contributed by atoms with E-state index in [9.17, 15) is 4.79 Å². The maximum atomic E-state index is 12.8. The molecule has 1 aromatic carbocycles. The lowest BCUT2D eigenvalue weighted by atomic mass is 9.99. The van der Waals surface area contributed by atoms with Crippen LogP contribution < -0.4 is 15.4 Å². The highest BCUT2D eigenvalue weighted by molar-refractivity contribution is 6.02. The summed E-state index contributed by atoms with van der Waals surface area (Å²) in [7, 11) is 4.02. The summed E-state index contributed by atoms with van der Waals surface area (Å²) in [6, 6.07) is 6.10. The van der Waals surface area contributed by atoms with Crippen LogP contribution in [-0.4, -0.2) is 43.6 Å². The number of hydrogen-bond donors (Lipinski definition) is 1. The molecule has 0 spiro atoms. The van der Waals surface area contributed by atoms with Crippen molar-refractivity contribution in [3.63, 3.8) is 0 Å². The minimum Gasteiger partial charge on any atom is -0.476 e. The average Bonchev–Trinajstić information content (AvgIpc) is 3.31. The first-order chi connectivity index (χ1) is 10.8. The number of carbonyl (C=O) groups is 1. The first-order valence-corrected chi connectivity index (χ1v) is 8.35. The number of hydrogen-bond acceptors (Lipinski definition) is 4. The molecule has 0 radical (unpaired) electrons. The van der Waals surface area contributed by atoms with E-state index in [-0.39, 0.29) is 11.9 Å². The zero-order valence-electron chi connectivity index (χ0n) is 14.5. The summed E-state index contributed by atoms with van der Waals surface area (Å²) in [5, 5.41) is 0. The van der Waals surface area contributed by atoms with E-state index in [4.69, 9.17) is 10.5 Å². The van der Waals surface area contributed by atoms with Gasteiger partial charge in [0.25, 0.3) is 5.91 Å². The van der Waals surface area contributed by atoms with Crippen molar-refractivity contribution in [2.75, 3.05) is 32.1 Å². The number of anilines is 1. The van der Waals surface area contributed by atoms with E-state index in [1.165, 1.54) is 12.8 Å². The highest BCUT2D eigenvalue weighted by Crippen LogP contribution is 2.43. The SMILES string of the molecule is CN(C)CCN1C(=O)C(C)(C)Oc2ccc(C(N)C3CC3)cc21. The number of carbonyl (C=O) groups excluding carboxylic acids is 1. The molecule has 23 heavy (non-hydrogen) atoms. The van der Waals surface area contributed by atoms with E-state index in [0.717, 1.165) is 23.5 Å². The first-order valence-electron chi connectivity index (χ1n) is 8.35. The van der Waals surface area contributed by atoms with Gasteiger partial charge in [0.15, 0.2) is 5.60 Å². The predicted molar refractivity (Wildman–Crippen MR) is 91.7 cm³/mol. The number of fused-ring (bicyclic) bond motifs is 1. The third kappa shape index (κ3) is 3.21. The summed E-state index contributed by atoms with van der Waals surface area (Å²) in [6.07, 6.45) is 2.40. The number of amides is 1. The van der Waals surface area contributed by atoms with Crippen molar-refractivity contribution < 1.29 is 9.53 Å². The van der Waals surface area contributed by atoms with Crippen LogP contribution in [0.15, 0.2) is 18.2 Å². The fourth-order valence-electron chi connectivity index (χ4n) is 3.04. The number of likely N-dealkylation sites (N-methyl/N-ethyl adjacent to an activating group) is 1. The Morgan fingerprint density at radius 2 is 2.09 bits per heavy atom. The molecule has 1 aromatic rings. The lowest BCUT2D eigenvalue weighted by Crippen LogP contribution is -2.53. The second-order valence-corrected chi connectivity index (χ2v) is 7.46. The standard InChI is InChI=1S/C18H27N3O2/c1-18(2)17(22)21(10-9-20(3)4)14-11-13(7-8-15(14)23-18)16(19)12-5-6-12/h7-8,11-12,16H,5-6,9-10,19H2,1-4H3. The zero-order valence-corrected chi connectivity index (χ0v) is 14.5. The molecule has 1 unspecified atom stereocenters. The summed E-state index contributed by atoms with van der Waals surface area (Å²) in [5.74, 6) is 1.35. The molecule has 2 aliphatic rings. The Morgan fingerprint density at radius 1 is 1.39 bits per heavy atom. The van der Waals surface area contributed by atoms with Crippen LogP contribution in [0.2, 0.25) is 0 Å². The molecule has 126 valence electrons. The third-order valence-corrected chi connectivity index (χ3v) is 4.68. The van der Waals surface area contributed by atoms with Gasteiger partial charge in [0, 0.05) is 19.1 Å². The van der Waals surface area contributed by atoms with Gasteiger partial charge < -0.3 is 20.3 Å². The fourth-order valence-corrected chi connectivity index (χ4v) is 3.04. The van der Waals surface area contributed by atoms with Crippen LogP contribution in [0.3, 0.4) is 0 Å². The summed E-state index contributed by atoms with van der Waals surface area (Å²) < 4.78 is 5.93. The van der Waals surface area contributed by atoms with Crippen molar-refractivity contribution in [2.45, 2.75) is 38.3 Å². The van der Waals surface area contributed by atoms with Crippen LogP contribution in [0.1, 0.15) is 38.3 Å². The van der Waals surface area contributed by atoms with Gasteiger partial charge in [-0.3, -0.25) is 4.79 Å². The maximum absolute atomic E-state index is 12.8. The lowest BCUT2D eigenvalue weighted by molar-refractivity contribution is -0.132. The van der Waals surface area contributed by atoms with Gasteiger partial charge >= 0.3 is 0 Å². The Balaban J connectivity index is 1.95.